The first kappa shape index (κ1) is 34.8. The van der Waals surface area contributed by atoms with Gasteiger partial charge in [-0.25, -0.2) is 4.79 Å². The average molecular weight is 681 g/mol. The molecule has 4 aliphatic heterocycles. The highest BCUT2D eigenvalue weighted by molar-refractivity contribution is 5.87. The zero-order valence-electron chi connectivity index (χ0n) is 26.0. The maximum Gasteiger partial charge on any atom is 0.331 e. The third-order valence-electron chi connectivity index (χ3n) is 9.41. The van der Waals surface area contributed by atoms with Crippen molar-refractivity contribution < 1.29 is 78.1 Å². The fourth-order valence-corrected chi connectivity index (χ4v) is 6.91. The summed E-state index contributed by atoms with van der Waals surface area (Å²) in [4.78, 5) is 25.1. The molecular formula is C32H40O16. The van der Waals surface area contributed by atoms with Crippen LogP contribution in [0.4, 0.5) is 0 Å². The molecule has 48 heavy (non-hydrogen) atoms. The van der Waals surface area contributed by atoms with Crippen LogP contribution in [0.1, 0.15) is 19.4 Å². The van der Waals surface area contributed by atoms with Crippen molar-refractivity contribution in [2.24, 2.45) is 11.8 Å². The Morgan fingerprint density at radius 1 is 0.875 bits per heavy atom. The number of carbonyl (C=O) groups is 2. The van der Waals surface area contributed by atoms with E-state index in [9.17, 15) is 40.2 Å². The maximum absolute atomic E-state index is 13.0. The average Bonchev–Trinajstić information content (AvgIpc) is 3.75. The van der Waals surface area contributed by atoms with Crippen LogP contribution in [0.5, 0.6) is 0 Å². The molecule has 3 saturated heterocycles. The Morgan fingerprint density at radius 2 is 1.62 bits per heavy atom. The molecule has 4 fully saturated rings. The van der Waals surface area contributed by atoms with E-state index in [2.05, 4.69) is 0 Å². The zero-order chi connectivity index (χ0) is 34.3. The second-order valence-electron chi connectivity index (χ2n) is 12.4. The summed E-state index contributed by atoms with van der Waals surface area (Å²) in [5, 5.41) is 62.0. The van der Waals surface area contributed by atoms with E-state index in [1.54, 1.807) is 30.3 Å². The summed E-state index contributed by atoms with van der Waals surface area (Å²) in [7, 11) is 0. The van der Waals surface area contributed by atoms with Crippen molar-refractivity contribution in [3.05, 3.63) is 54.3 Å². The molecule has 0 aromatic heterocycles. The number of epoxide rings is 1. The summed E-state index contributed by atoms with van der Waals surface area (Å²) in [6, 6.07) is 8.97. The first-order chi connectivity index (χ1) is 23.0. The molecule has 16 heteroatoms. The molecule has 16 atom stereocenters. The fourth-order valence-electron chi connectivity index (χ4n) is 6.91. The quantitative estimate of drug-likeness (QED) is 0.0900. The molecule has 16 nitrogen and oxygen atoms in total. The van der Waals surface area contributed by atoms with Gasteiger partial charge in [-0.15, -0.1) is 0 Å². The standard InChI is InChI=1S/C32H40O16/c1-14-21(37)26(43-15(2)35)27(45-19(36)9-8-16-6-4-3-5-7-16)31(42-14)46-25-17-10-11-41-29(20(17)32(13-34)28(25)48-32)47-30-24(40)23(39)22(38)18(12-33)44-30/h3-11,14,17-18,20-31,33-34,37-40H,12-13H2,1-2H3. The predicted molar refractivity (Wildman–Crippen MR) is 157 cm³/mol. The number of aliphatic hydroxyl groups excluding tert-OH is 6. The van der Waals surface area contributed by atoms with Crippen LogP contribution >= 0.6 is 0 Å². The number of hydrogen-bond acceptors (Lipinski definition) is 16. The lowest BCUT2D eigenvalue weighted by Gasteiger charge is -2.44. The minimum atomic E-state index is -1.71. The first-order valence-electron chi connectivity index (χ1n) is 15.7. The van der Waals surface area contributed by atoms with Gasteiger partial charge in [0, 0.05) is 18.9 Å². The number of rotatable bonds is 10. The van der Waals surface area contributed by atoms with E-state index in [-0.39, 0.29) is 0 Å². The van der Waals surface area contributed by atoms with E-state index in [1.165, 1.54) is 25.3 Å². The van der Waals surface area contributed by atoms with E-state index in [4.69, 9.17) is 37.9 Å². The van der Waals surface area contributed by atoms with Gasteiger partial charge in [0.05, 0.1) is 37.6 Å². The number of aliphatic hydroxyl groups is 6. The molecule has 0 amide bonds. The van der Waals surface area contributed by atoms with Crippen LogP contribution < -0.4 is 0 Å². The molecule has 1 aromatic rings. The zero-order valence-corrected chi connectivity index (χ0v) is 26.0. The van der Waals surface area contributed by atoms with Crippen LogP contribution in [0.2, 0.25) is 0 Å². The number of esters is 2. The number of hydrogen-bond donors (Lipinski definition) is 6. The minimum Gasteiger partial charge on any atom is -0.472 e. The Hall–Kier alpha value is -3.00. The number of carbonyl (C=O) groups excluding carboxylic acids is 2. The van der Waals surface area contributed by atoms with Gasteiger partial charge >= 0.3 is 11.9 Å². The summed E-state index contributed by atoms with van der Waals surface area (Å²) in [5.74, 6) is -2.93. The highest BCUT2D eigenvalue weighted by Gasteiger charge is 2.77. The highest BCUT2D eigenvalue weighted by atomic mass is 16.8. The Balaban J connectivity index is 1.23. The fraction of sp³-hybridized carbons (Fsp3) is 0.625. The molecule has 6 N–H and O–H groups in total. The molecule has 1 aliphatic carbocycles. The smallest absolute Gasteiger partial charge is 0.331 e. The van der Waals surface area contributed by atoms with Gasteiger partial charge in [-0.05, 0) is 24.6 Å². The second-order valence-corrected chi connectivity index (χ2v) is 12.4. The van der Waals surface area contributed by atoms with Crippen molar-refractivity contribution in [3.63, 3.8) is 0 Å². The van der Waals surface area contributed by atoms with E-state index >= 15 is 0 Å². The molecule has 0 bridgehead atoms. The summed E-state index contributed by atoms with van der Waals surface area (Å²) in [5.41, 5.74) is -0.527. The lowest BCUT2D eigenvalue weighted by molar-refractivity contribution is -0.347. The molecule has 264 valence electrons. The van der Waals surface area contributed by atoms with E-state index in [0.29, 0.717) is 0 Å². The van der Waals surface area contributed by atoms with Crippen LogP contribution in [-0.2, 0) is 47.5 Å². The first-order valence-corrected chi connectivity index (χ1v) is 15.7. The molecular weight excluding hydrogens is 640 g/mol. The van der Waals surface area contributed by atoms with E-state index in [1.807, 2.05) is 6.07 Å². The van der Waals surface area contributed by atoms with E-state index in [0.717, 1.165) is 12.5 Å². The van der Waals surface area contributed by atoms with Gasteiger partial charge in [-0.1, -0.05) is 30.3 Å². The van der Waals surface area contributed by atoms with Gasteiger partial charge in [0.1, 0.15) is 42.2 Å². The van der Waals surface area contributed by atoms with Crippen molar-refractivity contribution >= 4 is 18.0 Å². The molecule has 4 heterocycles. The summed E-state index contributed by atoms with van der Waals surface area (Å²) < 4.78 is 46.6. The van der Waals surface area contributed by atoms with Crippen molar-refractivity contribution in [2.75, 3.05) is 13.2 Å². The normalized spacial score (nSPS) is 44.8. The Labute approximate surface area is 275 Å². The van der Waals surface area contributed by atoms with Crippen LogP contribution in [0.3, 0.4) is 0 Å². The molecule has 5 aliphatic rings. The van der Waals surface area contributed by atoms with Gasteiger partial charge in [-0.3, -0.25) is 4.79 Å². The van der Waals surface area contributed by atoms with Crippen molar-refractivity contribution in [1.29, 1.82) is 0 Å². The van der Waals surface area contributed by atoms with Crippen LogP contribution in [0.25, 0.3) is 6.08 Å². The summed E-state index contributed by atoms with van der Waals surface area (Å²) in [6.45, 7) is 1.52. The predicted octanol–water partition coefficient (Wildman–Crippen LogP) is -1.90. The SMILES string of the molecule is CC(=O)OC1C(O)C(C)OC(OC2C3C=COC(OC4OC(CO)C(O)C(O)C4O)C3C3(CO)OC23)C1OC(=O)C=Cc1ccccc1. The van der Waals surface area contributed by atoms with Crippen LogP contribution in [0.15, 0.2) is 48.7 Å². The maximum atomic E-state index is 13.0. The second kappa shape index (κ2) is 14.1. The molecule has 1 saturated carbocycles. The Morgan fingerprint density at radius 3 is 2.31 bits per heavy atom. The monoisotopic (exact) mass is 680 g/mol. The lowest BCUT2D eigenvalue weighted by atomic mass is 9.85. The molecule has 16 unspecified atom stereocenters. The van der Waals surface area contributed by atoms with E-state index < -0.39 is 122 Å². The molecule has 0 spiro atoms. The Kier molecular flexibility index (Phi) is 10.2. The van der Waals surface area contributed by atoms with Crippen molar-refractivity contribution in [3.8, 4) is 0 Å². The van der Waals surface area contributed by atoms with Gasteiger partial charge in [0.15, 0.2) is 24.8 Å². The summed E-state index contributed by atoms with van der Waals surface area (Å²) >= 11 is 0. The topological polar surface area (TPSA) is 233 Å². The van der Waals surface area contributed by atoms with Gasteiger partial charge in [-0.2, -0.15) is 0 Å². The van der Waals surface area contributed by atoms with Crippen molar-refractivity contribution in [2.45, 2.75) is 99.4 Å². The molecule has 1 aromatic carbocycles. The third-order valence-corrected chi connectivity index (χ3v) is 9.41. The molecule has 0 radical (unpaired) electrons. The Bertz CT molecular complexity index is 1350. The highest BCUT2D eigenvalue weighted by Crippen LogP contribution is 2.61. The third kappa shape index (κ3) is 6.50. The van der Waals surface area contributed by atoms with Crippen LogP contribution in [0, 0.1) is 11.8 Å². The molecule has 6 rings (SSSR count). The largest absolute Gasteiger partial charge is 0.472 e. The number of ether oxygens (including phenoxy) is 8. The van der Waals surface area contributed by atoms with Gasteiger partial charge in [0.2, 0.25) is 6.29 Å². The minimum absolute atomic E-state index is 0.496. The van der Waals surface area contributed by atoms with Gasteiger partial charge < -0.3 is 68.5 Å². The van der Waals surface area contributed by atoms with Crippen molar-refractivity contribution in [1.82, 2.24) is 0 Å². The van der Waals surface area contributed by atoms with Crippen LogP contribution in [-0.4, -0.2) is 141 Å². The lowest BCUT2D eigenvalue weighted by Crippen LogP contribution is -2.61. The number of benzene rings is 1. The van der Waals surface area contributed by atoms with Gasteiger partial charge in [0.25, 0.3) is 0 Å². The summed E-state index contributed by atoms with van der Waals surface area (Å²) in [6.07, 6.45) is -11.4. The number of fused-ring (bicyclic) bond motifs is 3.